The number of halogens is 1. The van der Waals surface area contributed by atoms with Crippen LogP contribution in [0.5, 0.6) is 11.5 Å². The van der Waals surface area contributed by atoms with Gasteiger partial charge in [-0.2, -0.15) is 0 Å². The molecule has 0 radical (unpaired) electrons. The Bertz CT molecular complexity index is 911. The molecule has 28 heavy (non-hydrogen) atoms. The van der Waals surface area contributed by atoms with Crippen molar-refractivity contribution >= 4 is 5.91 Å². The minimum atomic E-state index is -0.276. The first-order chi connectivity index (χ1) is 13.7. The Morgan fingerprint density at radius 3 is 2.32 bits per heavy atom. The lowest BCUT2D eigenvalue weighted by atomic mass is 10.1. The summed E-state index contributed by atoms with van der Waals surface area (Å²) in [7, 11) is 1.52. The van der Waals surface area contributed by atoms with E-state index in [1.807, 2.05) is 30.3 Å². The summed E-state index contributed by atoms with van der Waals surface area (Å²) in [5.41, 5.74) is 2.32. The summed E-state index contributed by atoms with van der Waals surface area (Å²) in [4.78, 5) is 12.8. The van der Waals surface area contributed by atoms with E-state index in [-0.39, 0.29) is 11.7 Å². The maximum Gasteiger partial charge on any atom is 0.258 e. The molecule has 0 aliphatic rings. The number of hydrogen-bond acceptors (Lipinski definition) is 3. The molecule has 3 aromatic carbocycles. The van der Waals surface area contributed by atoms with Crippen molar-refractivity contribution in [3.63, 3.8) is 0 Å². The van der Waals surface area contributed by atoms with E-state index in [1.54, 1.807) is 30.3 Å². The van der Waals surface area contributed by atoms with E-state index in [2.05, 4.69) is 5.32 Å². The molecule has 0 saturated heterocycles. The highest BCUT2D eigenvalue weighted by atomic mass is 19.1. The van der Waals surface area contributed by atoms with Gasteiger partial charge in [0.25, 0.3) is 5.91 Å². The number of methoxy groups -OCH3 is 1. The summed E-state index contributed by atoms with van der Waals surface area (Å²) in [5.74, 6) is 0.358. The van der Waals surface area contributed by atoms with E-state index in [4.69, 9.17) is 9.47 Å². The number of nitrogens with one attached hydrogen (secondary N) is 1. The predicted molar refractivity (Wildman–Crippen MR) is 106 cm³/mol. The SMILES string of the molecule is COc1cccc(OCc2ccccc2)c1C(=O)NCCc1ccc(F)cc1. The molecule has 0 fully saturated rings. The normalized spacial score (nSPS) is 10.4. The number of carbonyl (C=O) groups excluding carboxylic acids is 1. The number of rotatable bonds is 8. The van der Waals surface area contributed by atoms with E-state index in [0.29, 0.717) is 36.6 Å². The van der Waals surface area contributed by atoms with Crippen molar-refractivity contribution < 1.29 is 18.7 Å². The van der Waals surface area contributed by atoms with Gasteiger partial charge in [0.15, 0.2) is 0 Å². The molecule has 4 nitrogen and oxygen atoms in total. The highest BCUT2D eigenvalue weighted by molar-refractivity contribution is 5.99. The molecule has 0 heterocycles. The average molecular weight is 379 g/mol. The molecule has 1 N–H and O–H groups in total. The number of amides is 1. The van der Waals surface area contributed by atoms with Gasteiger partial charge in [-0.3, -0.25) is 4.79 Å². The molecular weight excluding hydrogens is 357 g/mol. The van der Waals surface area contributed by atoms with Crippen molar-refractivity contribution in [2.24, 2.45) is 0 Å². The van der Waals surface area contributed by atoms with Crippen LogP contribution < -0.4 is 14.8 Å². The number of hydrogen-bond donors (Lipinski definition) is 1. The van der Waals surface area contributed by atoms with Crippen LogP contribution in [0.2, 0.25) is 0 Å². The standard InChI is InChI=1S/C23H22FNO3/c1-27-20-8-5-9-21(28-16-18-6-3-2-4-7-18)22(20)23(26)25-15-14-17-10-12-19(24)13-11-17/h2-13H,14-16H2,1H3,(H,25,26). The van der Waals surface area contributed by atoms with Gasteiger partial charge in [-0.15, -0.1) is 0 Å². The third kappa shape index (κ3) is 5.10. The van der Waals surface area contributed by atoms with Crippen LogP contribution in [0.25, 0.3) is 0 Å². The van der Waals surface area contributed by atoms with Crippen molar-refractivity contribution in [3.05, 3.63) is 95.3 Å². The van der Waals surface area contributed by atoms with Crippen LogP contribution in [0.4, 0.5) is 4.39 Å². The second-order valence-electron chi connectivity index (χ2n) is 6.24. The first-order valence-electron chi connectivity index (χ1n) is 9.04. The molecule has 0 aliphatic carbocycles. The van der Waals surface area contributed by atoms with Gasteiger partial charge in [0, 0.05) is 6.54 Å². The lowest BCUT2D eigenvalue weighted by molar-refractivity contribution is 0.0946. The Balaban J connectivity index is 1.68. The minimum absolute atomic E-state index is 0.275. The Morgan fingerprint density at radius 2 is 1.61 bits per heavy atom. The van der Waals surface area contributed by atoms with Gasteiger partial charge in [-0.25, -0.2) is 4.39 Å². The Morgan fingerprint density at radius 1 is 0.893 bits per heavy atom. The zero-order chi connectivity index (χ0) is 19.8. The second-order valence-corrected chi connectivity index (χ2v) is 6.24. The van der Waals surface area contributed by atoms with Crippen molar-refractivity contribution in [2.75, 3.05) is 13.7 Å². The fraction of sp³-hybridized carbons (Fsp3) is 0.174. The molecular formula is C23H22FNO3. The first-order valence-corrected chi connectivity index (χ1v) is 9.04. The van der Waals surface area contributed by atoms with Crippen LogP contribution in [-0.2, 0) is 13.0 Å². The van der Waals surface area contributed by atoms with Crippen LogP contribution in [0.3, 0.4) is 0 Å². The first kappa shape index (κ1) is 19.4. The molecule has 0 saturated carbocycles. The largest absolute Gasteiger partial charge is 0.496 e. The van der Waals surface area contributed by atoms with Crippen LogP contribution in [-0.4, -0.2) is 19.6 Å². The van der Waals surface area contributed by atoms with E-state index in [9.17, 15) is 9.18 Å². The van der Waals surface area contributed by atoms with Crippen molar-refractivity contribution in [2.45, 2.75) is 13.0 Å². The fourth-order valence-electron chi connectivity index (χ4n) is 2.82. The summed E-state index contributed by atoms with van der Waals surface area (Å²) >= 11 is 0. The molecule has 0 spiro atoms. The molecule has 0 aromatic heterocycles. The van der Waals surface area contributed by atoms with Crippen molar-refractivity contribution in [1.82, 2.24) is 5.32 Å². The van der Waals surface area contributed by atoms with E-state index >= 15 is 0 Å². The molecule has 0 unspecified atom stereocenters. The maximum absolute atomic E-state index is 13.0. The summed E-state index contributed by atoms with van der Waals surface area (Å²) < 4.78 is 24.2. The smallest absolute Gasteiger partial charge is 0.258 e. The topological polar surface area (TPSA) is 47.6 Å². The van der Waals surface area contributed by atoms with Gasteiger partial charge in [-0.1, -0.05) is 48.5 Å². The summed E-state index contributed by atoms with van der Waals surface area (Å²) in [5, 5.41) is 2.88. The van der Waals surface area contributed by atoms with Crippen molar-refractivity contribution in [3.8, 4) is 11.5 Å². The molecule has 144 valence electrons. The van der Waals surface area contributed by atoms with Gasteiger partial charge < -0.3 is 14.8 Å². The lowest BCUT2D eigenvalue weighted by Crippen LogP contribution is -2.26. The quantitative estimate of drug-likeness (QED) is 0.632. The lowest BCUT2D eigenvalue weighted by Gasteiger charge is -2.15. The predicted octanol–water partition coefficient (Wildman–Crippen LogP) is 4.39. The number of carbonyl (C=O) groups is 1. The van der Waals surface area contributed by atoms with Crippen LogP contribution >= 0.6 is 0 Å². The molecule has 3 rings (SSSR count). The summed E-state index contributed by atoms with van der Waals surface area (Å²) in [6, 6.07) is 21.2. The zero-order valence-electron chi connectivity index (χ0n) is 15.7. The van der Waals surface area contributed by atoms with Gasteiger partial charge in [0.1, 0.15) is 29.5 Å². The Labute approximate surface area is 163 Å². The molecule has 0 aliphatic heterocycles. The third-order valence-corrected chi connectivity index (χ3v) is 4.28. The molecule has 0 bridgehead atoms. The monoisotopic (exact) mass is 379 g/mol. The fourth-order valence-corrected chi connectivity index (χ4v) is 2.82. The van der Waals surface area contributed by atoms with Gasteiger partial charge >= 0.3 is 0 Å². The van der Waals surface area contributed by atoms with Crippen LogP contribution in [0, 0.1) is 5.82 Å². The molecule has 0 atom stereocenters. The maximum atomic E-state index is 13.0. The minimum Gasteiger partial charge on any atom is -0.496 e. The Hall–Kier alpha value is -3.34. The van der Waals surface area contributed by atoms with Crippen LogP contribution in [0.1, 0.15) is 21.5 Å². The molecule has 5 heteroatoms. The van der Waals surface area contributed by atoms with E-state index in [0.717, 1.165) is 11.1 Å². The average Bonchev–Trinajstić information content (AvgIpc) is 2.74. The van der Waals surface area contributed by atoms with Gasteiger partial charge in [-0.05, 0) is 41.8 Å². The highest BCUT2D eigenvalue weighted by Gasteiger charge is 2.18. The van der Waals surface area contributed by atoms with Crippen molar-refractivity contribution in [1.29, 1.82) is 0 Å². The zero-order valence-corrected chi connectivity index (χ0v) is 15.7. The van der Waals surface area contributed by atoms with E-state index < -0.39 is 0 Å². The Kier molecular flexibility index (Phi) is 6.63. The molecule has 1 amide bonds. The summed E-state index contributed by atoms with van der Waals surface area (Å²) in [6.45, 7) is 0.768. The van der Waals surface area contributed by atoms with Gasteiger partial charge in [0.05, 0.1) is 7.11 Å². The number of benzene rings is 3. The third-order valence-electron chi connectivity index (χ3n) is 4.28. The summed E-state index contributed by atoms with van der Waals surface area (Å²) in [6.07, 6.45) is 0.599. The molecule has 3 aromatic rings. The van der Waals surface area contributed by atoms with E-state index in [1.165, 1.54) is 19.2 Å². The highest BCUT2D eigenvalue weighted by Crippen LogP contribution is 2.29. The second kappa shape index (κ2) is 9.55. The van der Waals surface area contributed by atoms with Gasteiger partial charge in [0.2, 0.25) is 0 Å². The van der Waals surface area contributed by atoms with Crippen LogP contribution in [0.15, 0.2) is 72.8 Å². The number of ether oxygens (including phenoxy) is 2.